The summed E-state index contributed by atoms with van der Waals surface area (Å²) in [5, 5.41) is 13.2. The number of nitrogens with one attached hydrogen (secondary N) is 1. The highest BCUT2D eigenvalue weighted by Crippen LogP contribution is 2.09. The first-order valence-corrected chi connectivity index (χ1v) is 5.69. The molecule has 0 aromatic heterocycles. The predicted octanol–water partition coefficient (Wildman–Crippen LogP) is 1.35. The van der Waals surface area contributed by atoms with Crippen LogP contribution in [0, 0.1) is 0 Å². The molecule has 0 aliphatic carbocycles. The molecule has 0 radical (unpaired) electrons. The zero-order chi connectivity index (χ0) is 12.7. The Morgan fingerprint density at radius 2 is 2.12 bits per heavy atom. The van der Waals surface area contributed by atoms with E-state index < -0.39 is 12.1 Å². The van der Waals surface area contributed by atoms with Gasteiger partial charge in [0.15, 0.2) is 0 Å². The summed E-state index contributed by atoms with van der Waals surface area (Å²) in [5.74, 6) is -0.411. The number of benzene rings is 1. The SMILES string of the molecule is COC(=O)CC(O)CNCc1ccc(Cl)cc1. The molecule has 4 nitrogen and oxygen atoms in total. The van der Waals surface area contributed by atoms with E-state index in [-0.39, 0.29) is 6.42 Å². The second-order valence-electron chi connectivity index (χ2n) is 3.69. The van der Waals surface area contributed by atoms with Crippen LogP contribution in [-0.4, -0.2) is 30.8 Å². The molecule has 0 fully saturated rings. The molecule has 0 saturated heterocycles. The molecular weight excluding hydrogens is 242 g/mol. The third kappa shape index (κ3) is 5.68. The van der Waals surface area contributed by atoms with E-state index in [1.807, 2.05) is 24.3 Å². The highest BCUT2D eigenvalue weighted by molar-refractivity contribution is 6.30. The van der Waals surface area contributed by atoms with Gasteiger partial charge in [0.25, 0.3) is 0 Å². The van der Waals surface area contributed by atoms with Crippen molar-refractivity contribution in [1.29, 1.82) is 0 Å². The minimum absolute atomic E-state index is 0.00409. The molecule has 0 spiro atoms. The zero-order valence-corrected chi connectivity index (χ0v) is 10.4. The standard InChI is InChI=1S/C12H16ClNO3/c1-17-12(16)6-11(15)8-14-7-9-2-4-10(13)5-3-9/h2-5,11,14-15H,6-8H2,1H3. The van der Waals surface area contributed by atoms with Gasteiger partial charge < -0.3 is 15.2 Å². The second-order valence-corrected chi connectivity index (χ2v) is 4.13. The minimum Gasteiger partial charge on any atom is -0.469 e. The highest BCUT2D eigenvalue weighted by Gasteiger charge is 2.09. The lowest BCUT2D eigenvalue weighted by molar-refractivity contribution is -0.142. The van der Waals surface area contributed by atoms with Crippen LogP contribution < -0.4 is 5.32 Å². The fourth-order valence-electron chi connectivity index (χ4n) is 1.33. The van der Waals surface area contributed by atoms with Gasteiger partial charge in [0.05, 0.1) is 19.6 Å². The summed E-state index contributed by atoms with van der Waals surface area (Å²) in [7, 11) is 1.30. The van der Waals surface area contributed by atoms with E-state index in [0.717, 1.165) is 5.56 Å². The quantitative estimate of drug-likeness (QED) is 0.756. The molecule has 17 heavy (non-hydrogen) atoms. The maximum absolute atomic E-state index is 10.9. The number of carbonyl (C=O) groups excluding carboxylic acids is 1. The van der Waals surface area contributed by atoms with Gasteiger partial charge in [-0.1, -0.05) is 23.7 Å². The van der Waals surface area contributed by atoms with Crippen LogP contribution in [0.15, 0.2) is 24.3 Å². The normalized spacial score (nSPS) is 12.2. The fraction of sp³-hybridized carbons (Fsp3) is 0.417. The lowest BCUT2D eigenvalue weighted by Crippen LogP contribution is -2.28. The smallest absolute Gasteiger partial charge is 0.308 e. The Labute approximate surface area is 106 Å². The molecule has 2 N–H and O–H groups in total. The summed E-state index contributed by atoms with van der Waals surface area (Å²) in [6.45, 7) is 0.965. The molecule has 0 aliphatic heterocycles. The van der Waals surface area contributed by atoms with Gasteiger partial charge in [0.2, 0.25) is 0 Å². The Bertz CT molecular complexity index is 353. The number of halogens is 1. The van der Waals surface area contributed by atoms with Gasteiger partial charge in [-0.15, -0.1) is 0 Å². The monoisotopic (exact) mass is 257 g/mol. The Morgan fingerprint density at radius 1 is 1.47 bits per heavy atom. The first-order valence-electron chi connectivity index (χ1n) is 5.32. The van der Waals surface area contributed by atoms with Crippen LogP contribution in [0.2, 0.25) is 5.02 Å². The van der Waals surface area contributed by atoms with E-state index in [1.54, 1.807) is 0 Å². The molecule has 5 heteroatoms. The van der Waals surface area contributed by atoms with E-state index in [9.17, 15) is 9.90 Å². The van der Waals surface area contributed by atoms with Crippen molar-refractivity contribution in [1.82, 2.24) is 5.32 Å². The predicted molar refractivity (Wildman–Crippen MR) is 65.8 cm³/mol. The first kappa shape index (κ1) is 14.0. The number of aliphatic hydroxyl groups is 1. The summed E-state index contributed by atoms with van der Waals surface area (Å²) in [5.41, 5.74) is 1.07. The van der Waals surface area contributed by atoms with Crippen molar-refractivity contribution < 1.29 is 14.6 Å². The van der Waals surface area contributed by atoms with Gasteiger partial charge in [-0.05, 0) is 17.7 Å². The third-order valence-electron chi connectivity index (χ3n) is 2.25. The Kier molecular flexibility index (Phi) is 5.97. The van der Waals surface area contributed by atoms with E-state index >= 15 is 0 Å². The second kappa shape index (κ2) is 7.27. The molecule has 1 unspecified atom stereocenters. The number of hydrogen-bond donors (Lipinski definition) is 2. The van der Waals surface area contributed by atoms with Crippen molar-refractivity contribution in [2.75, 3.05) is 13.7 Å². The van der Waals surface area contributed by atoms with E-state index in [1.165, 1.54) is 7.11 Å². The number of hydrogen-bond acceptors (Lipinski definition) is 4. The average molecular weight is 258 g/mol. The third-order valence-corrected chi connectivity index (χ3v) is 2.50. The molecule has 1 aromatic carbocycles. The van der Waals surface area contributed by atoms with E-state index in [0.29, 0.717) is 18.1 Å². The zero-order valence-electron chi connectivity index (χ0n) is 9.65. The van der Waals surface area contributed by atoms with Crippen molar-refractivity contribution in [2.24, 2.45) is 0 Å². The highest BCUT2D eigenvalue weighted by atomic mass is 35.5. The van der Waals surface area contributed by atoms with Crippen LogP contribution in [0.5, 0.6) is 0 Å². The van der Waals surface area contributed by atoms with Crippen LogP contribution in [0.25, 0.3) is 0 Å². The van der Waals surface area contributed by atoms with Crippen LogP contribution in [0.1, 0.15) is 12.0 Å². The Balaban J connectivity index is 2.23. The average Bonchev–Trinajstić information content (AvgIpc) is 2.31. The van der Waals surface area contributed by atoms with Crippen molar-refractivity contribution in [3.05, 3.63) is 34.9 Å². The van der Waals surface area contributed by atoms with Crippen LogP contribution >= 0.6 is 11.6 Å². The largest absolute Gasteiger partial charge is 0.469 e. The number of methoxy groups -OCH3 is 1. The van der Waals surface area contributed by atoms with E-state index in [2.05, 4.69) is 10.1 Å². The maximum Gasteiger partial charge on any atom is 0.308 e. The molecule has 1 rings (SSSR count). The number of aliphatic hydroxyl groups excluding tert-OH is 1. The number of esters is 1. The van der Waals surface area contributed by atoms with E-state index in [4.69, 9.17) is 11.6 Å². The topological polar surface area (TPSA) is 58.6 Å². The van der Waals surface area contributed by atoms with Gasteiger partial charge in [-0.25, -0.2) is 0 Å². The Hall–Kier alpha value is -1.10. The maximum atomic E-state index is 10.9. The van der Waals surface area contributed by atoms with Crippen molar-refractivity contribution in [2.45, 2.75) is 19.1 Å². The van der Waals surface area contributed by atoms with Gasteiger partial charge in [-0.3, -0.25) is 4.79 Å². The molecular formula is C12H16ClNO3. The Morgan fingerprint density at radius 3 is 2.71 bits per heavy atom. The number of rotatable bonds is 6. The molecule has 0 aliphatic rings. The lowest BCUT2D eigenvalue weighted by Gasteiger charge is -2.10. The molecule has 1 aromatic rings. The summed E-state index contributed by atoms with van der Waals surface area (Å²) >= 11 is 5.76. The summed E-state index contributed by atoms with van der Waals surface area (Å²) in [6.07, 6.45) is -0.723. The minimum atomic E-state index is -0.727. The van der Waals surface area contributed by atoms with Crippen LogP contribution in [0.4, 0.5) is 0 Å². The molecule has 0 amide bonds. The first-order chi connectivity index (χ1) is 8.11. The summed E-state index contributed by atoms with van der Waals surface area (Å²) in [6, 6.07) is 7.43. The lowest BCUT2D eigenvalue weighted by atomic mass is 10.2. The molecule has 0 bridgehead atoms. The number of ether oxygens (including phenoxy) is 1. The molecule has 0 saturated carbocycles. The number of carbonyl (C=O) groups is 1. The van der Waals surface area contributed by atoms with Gasteiger partial charge in [0.1, 0.15) is 0 Å². The van der Waals surface area contributed by atoms with Crippen molar-refractivity contribution >= 4 is 17.6 Å². The van der Waals surface area contributed by atoms with Gasteiger partial charge >= 0.3 is 5.97 Å². The summed E-state index contributed by atoms with van der Waals surface area (Å²) < 4.78 is 4.46. The van der Waals surface area contributed by atoms with Gasteiger partial charge in [0, 0.05) is 18.1 Å². The van der Waals surface area contributed by atoms with Crippen LogP contribution in [-0.2, 0) is 16.1 Å². The molecule has 0 heterocycles. The molecule has 94 valence electrons. The van der Waals surface area contributed by atoms with Gasteiger partial charge in [-0.2, -0.15) is 0 Å². The summed E-state index contributed by atoms with van der Waals surface area (Å²) in [4.78, 5) is 10.9. The fourth-order valence-corrected chi connectivity index (χ4v) is 1.46. The van der Waals surface area contributed by atoms with Crippen molar-refractivity contribution in [3.63, 3.8) is 0 Å². The molecule has 1 atom stereocenters. The van der Waals surface area contributed by atoms with Crippen LogP contribution in [0.3, 0.4) is 0 Å². The van der Waals surface area contributed by atoms with Crippen molar-refractivity contribution in [3.8, 4) is 0 Å².